The summed E-state index contributed by atoms with van der Waals surface area (Å²) < 4.78 is 5.92. The van der Waals surface area contributed by atoms with Gasteiger partial charge in [0.05, 0.1) is 12.1 Å². The van der Waals surface area contributed by atoms with E-state index in [-0.39, 0.29) is 23.9 Å². The number of hydrogen-bond acceptors (Lipinski definition) is 4. The van der Waals surface area contributed by atoms with E-state index in [0.29, 0.717) is 18.8 Å². The second-order valence-electron chi connectivity index (χ2n) is 9.40. The molecule has 40 heavy (non-hydrogen) atoms. The van der Waals surface area contributed by atoms with Crippen molar-refractivity contribution < 1.29 is 19.4 Å². The number of ether oxygens (including phenoxy) is 1. The highest BCUT2D eigenvalue weighted by atomic mass is 16.5. The zero-order chi connectivity index (χ0) is 29.5. The number of carboxylic acid groups (broad SMARTS) is 1. The number of likely N-dealkylation sites (N-methyl/N-ethyl adjacent to an activating group) is 1. The molecule has 0 aliphatic rings. The van der Waals surface area contributed by atoms with Gasteiger partial charge in [-0.1, -0.05) is 89.2 Å². The van der Waals surface area contributed by atoms with Crippen LogP contribution in [0.25, 0.3) is 5.57 Å². The molecule has 0 aromatic heterocycles. The fourth-order valence-corrected chi connectivity index (χ4v) is 4.52. The standard InChI is InChI=1S/C32H38N2O4.C2H6/c1-5-10-26(6-2)23(3)29-18-15-27(32(36)37)19-30(29)34(21-31(35)33-4)20-24-13-16-28(17-14-24)38-22-25-11-8-7-9-12-25;1-2/h7-9,11-19,26H,3,5-6,10,20-22H2,1-2,4H3,(H,33,35)(H,36,37);1-2H3. The van der Waals surface area contributed by atoms with E-state index in [4.69, 9.17) is 4.74 Å². The molecule has 0 heterocycles. The number of hydrogen-bond donors (Lipinski definition) is 2. The molecule has 0 aliphatic heterocycles. The maximum absolute atomic E-state index is 12.5. The predicted octanol–water partition coefficient (Wildman–Crippen LogP) is 7.58. The van der Waals surface area contributed by atoms with E-state index in [9.17, 15) is 14.7 Å². The number of carboxylic acids is 1. The van der Waals surface area contributed by atoms with E-state index in [1.165, 1.54) is 0 Å². The first kappa shape index (κ1) is 32.2. The Bertz CT molecular complexity index is 1220. The number of carbonyl (C=O) groups excluding carboxylic acids is 1. The molecule has 0 aliphatic carbocycles. The molecule has 1 atom stereocenters. The normalized spacial score (nSPS) is 11.0. The Morgan fingerprint density at radius 1 is 0.975 bits per heavy atom. The number of amides is 1. The second kappa shape index (κ2) is 16.8. The first-order chi connectivity index (χ1) is 19.4. The Morgan fingerprint density at radius 3 is 2.23 bits per heavy atom. The largest absolute Gasteiger partial charge is 0.489 e. The fraction of sp³-hybridized carbons (Fsp3) is 0.353. The molecule has 6 heteroatoms. The molecule has 1 unspecified atom stereocenters. The minimum absolute atomic E-state index is 0.0800. The smallest absolute Gasteiger partial charge is 0.335 e. The van der Waals surface area contributed by atoms with Crippen molar-refractivity contribution in [2.45, 2.75) is 60.1 Å². The lowest BCUT2D eigenvalue weighted by molar-refractivity contribution is -0.119. The number of benzene rings is 3. The summed E-state index contributed by atoms with van der Waals surface area (Å²) in [6.45, 7) is 13.7. The molecule has 0 saturated carbocycles. The molecule has 0 saturated heterocycles. The molecule has 0 bridgehead atoms. The SMILES string of the molecule is C=C(c1ccc(C(=O)O)cc1N(CC(=O)NC)Cc1ccc(OCc2ccccc2)cc1)C(CC)CCC.CC. The molecule has 3 rings (SSSR count). The van der Waals surface area contributed by atoms with Crippen LogP contribution >= 0.6 is 0 Å². The Balaban J connectivity index is 0.00000274. The van der Waals surface area contributed by atoms with Gasteiger partial charge in [-0.05, 0) is 59.7 Å². The minimum Gasteiger partial charge on any atom is -0.489 e. The Kier molecular flexibility index (Phi) is 13.5. The predicted molar refractivity (Wildman–Crippen MR) is 165 cm³/mol. The Morgan fingerprint density at radius 2 is 1.65 bits per heavy atom. The van der Waals surface area contributed by atoms with E-state index in [1.807, 2.05) is 79.4 Å². The summed E-state index contributed by atoms with van der Waals surface area (Å²) in [4.78, 5) is 26.3. The van der Waals surface area contributed by atoms with Crippen molar-refractivity contribution in [2.24, 2.45) is 5.92 Å². The minimum atomic E-state index is -1.01. The third-order valence-corrected chi connectivity index (χ3v) is 6.71. The van der Waals surface area contributed by atoms with Crippen LogP contribution in [-0.4, -0.2) is 30.6 Å². The van der Waals surface area contributed by atoms with Crippen LogP contribution in [0.1, 0.15) is 74.0 Å². The quantitative estimate of drug-likeness (QED) is 0.219. The van der Waals surface area contributed by atoms with Crippen LogP contribution in [-0.2, 0) is 17.9 Å². The zero-order valence-corrected chi connectivity index (χ0v) is 24.6. The van der Waals surface area contributed by atoms with Gasteiger partial charge in [0.25, 0.3) is 0 Å². The van der Waals surface area contributed by atoms with Gasteiger partial charge in [-0.3, -0.25) is 4.79 Å². The fourth-order valence-electron chi connectivity index (χ4n) is 4.52. The van der Waals surface area contributed by atoms with Gasteiger partial charge in [-0.2, -0.15) is 0 Å². The van der Waals surface area contributed by atoms with Crippen molar-refractivity contribution in [1.82, 2.24) is 5.32 Å². The van der Waals surface area contributed by atoms with Crippen LogP contribution in [0.2, 0.25) is 0 Å². The molecule has 3 aromatic rings. The lowest BCUT2D eigenvalue weighted by Gasteiger charge is -2.29. The van der Waals surface area contributed by atoms with Crippen molar-refractivity contribution in [3.8, 4) is 5.75 Å². The van der Waals surface area contributed by atoms with Gasteiger partial charge in [-0.15, -0.1) is 0 Å². The van der Waals surface area contributed by atoms with Crippen molar-refractivity contribution in [3.05, 3.63) is 102 Å². The van der Waals surface area contributed by atoms with Gasteiger partial charge in [0.2, 0.25) is 5.91 Å². The maximum Gasteiger partial charge on any atom is 0.335 e. The molecule has 2 N–H and O–H groups in total. The zero-order valence-electron chi connectivity index (χ0n) is 24.6. The number of allylic oxidation sites excluding steroid dienone is 1. The van der Waals surface area contributed by atoms with Crippen molar-refractivity contribution in [3.63, 3.8) is 0 Å². The molecule has 6 nitrogen and oxygen atoms in total. The van der Waals surface area contributed by atoms with Crippen LogP contribution in [0.4, 0.5) is 5.69 Å². The van der Waals surface area contributed by atoms with Gasteiger partial charge in [0, 0.05) is 24.8 Å². The molecule has 0 radical (unpaired) electrons. The Hall–Kier alpha value is -4.06. The summed E-state index contributed by atoms with van der Waals surface area (Å²) in [5.41, 5.74) is 4.77. The Labute approximate surface area is 239 Å². The molecule has 0 spiro atoms. The summed E-state index contributed by atoms with van der Waals surface area (Å²) in [6, 6.07) is 22.8. The monoisotopic (exact) mass is 544 g/mol. The number of nitrogens with one attached hydrogen (secondary N) is 1. The number of carbonyl (C=O) groups is 2. The lowest BCUT2D eigenvalue weighted by atomic mass is 9.86. The first-order valence-electron chi connectivity index (χ1n) is 14.1. The van der Waals surface area contributed by atoms with E-state index in [2.05, 4.69) is 25.7 Å². The van der Waals surface area contributed by atoms with E-state index in [1.54, 1.807) is 19.2 Å². The van der Waals surface area contributed by atoms with Crippen LogP contribution in [0.5, 0.6) is 5.75 Å². The summed E-state index contributed by atoms with van der Waals surface area (Å²) >= 11 is 0. The highest BCUT2D eigenvalue weighted by Gasteiger charge is 2.22. The molecule has 3 aromatic carbocycles. The maximum atomic E-state index is 12.5. The summed E-state index contributed by atoms with van der Waals surface area (Å²) in [5, 5.41) is 12.4. The third-order valence-electron chi connectivity index (χ3n) is 6.71. The van der Waals surface area contributed by atoms with Crippen LogP contribution in [0.3, 0.4) is 0 Å². The summed E-state index contributed by atoms with van der Waals surface area (Å²) in [7, 11) is 1.60. The van der Waals surface area contributed by atoms with Crippen molar-refractivity contribution in [2.75, 3.05) is 18.5 Å². The van der Waals surface area contributed by atoms with E-state index < -0.39 is 5.97 Å². The summed E-state index contributed by atoms with van der Waals surface area (Å²) in [5.74, 6) is -0.144. The van der Waals surface area contributed by atoms with Crippen LogP contribution in [0, 0.1) is 5.92 Å². The molecular formula is C34H44N2O4. The van der Waals surface area contributed by atoms with Crippen LogP contribution in [0.15, 0.2) is 79.4 Å². The number of anilines is 1. The molecular weight excluding hydrogens is 500 g/mol. The van der Waals surface area contributed by atoms with E-state index >= 15 is 0 Å². The number of aromatic carboxylic acids is 1. The van der Waals surface area contributed by atoms with Gasteiger partial charge in [-0.25, -0.2) is 4.79 Å². The van der Waals surface area contributed by atoms with Crippen molar-refractivity contribution >= 4 is 23.1 Å². The second-order valence-corrected chi connectivity index (χ2v) is 9.40. The summed E-state index contributed by atoms with van der Waals surface area (Å²) in [6.07, 6.45) is 2.96. The molecule has 214 valence electrons. The van der Waals surface area contributed by atoms with Gasteiger partial charge < -0.3 is 20.1 Å². The number of nitrogens with zero attached hydrogens (tertiary/aromatic N) is 1. The molecule has 1 amide bonds. The van der Waals surface area contributed by atoms with E-state index in [0.717, 1.165) is 47.3 Å². The topological polar surface area (TPSA) is 78.9 Å². The highest BCUT2D eigenvalue weighted by molar-refractivity contribution is 5.92. The molecule has 0 fully saturated rings. The number of rotatable bonds is 14. The van der Waals surface area contributed by atoms with Crippen molar-refractivity contribution in [1.29, 1.82) is 0 Å². The van der Waals surface area contributed by atoms with Crippen LogP contribution < -0.4 is 15.0 Å². The first-order valence-corrected chi connectivity index (χ1v) is 14.1. The lowest BCUT2D eigenvalue weighted by Crippen LogP contribution is -2.36. The van der Waals surface area contributed by atoms with Gasteiger partial charge in [0.15, 0.2) is 0 Å². The van der Waals surface area contributed by atoms with Gasteiger partial charge in [0.1, 0.15) is 12.4 Å². The average Bonchev–Trinajstić information content (AvgIpc) is 2.99. The third kappa shape index (κ3) is 9.30. The highest BCUT2D eigenvalue weighted by Crippen LogP contribution is 2.36. The van der Waals surface area contributed by atoms with Gasteiger partial charge >= 0.3 is 5.97 Å². The average molecular weight is 545 g/mol.